The van der Waals surface area contributed by atoms with Gasteiger partial charge in [-0.3, -0.25) is 19.8 Å². The quantitative estimate of drug-likeness (QED) is 0.272. The van der Waals surface area contributed by atoms with E-state index in [-0.39, 0.29) is 35.5 Å². The minimum Gasteiger partial charge on any atom is -0.372 e. The van der Waals surface area contributed by atoms with E-state index in [9.17, 15) is 19.2 Å². The smallest absolute Gasteiger partial charge is 0.328 e. The number of hydrogen-bond acceptors (Lipinski definition) is 11. The Morgan fingerprint density at radius 3 is 2.33 bits per heavy atom. The molecule has 5 fully saturated rings. The number of primary amides is 1. The summed E-state index contributed by atoms with van der Waals surface area (Å²) in [7, 11) is 1.83. The molecule has 1 unspecified atom stereocenters. The predicted octanol–water partition coefficient (Wildman–Crippen LogP) is 3.90. The zero-order valence-electron chi connectivity index (χ0n) is 33.0. The Hall–Kier alpha value is -5.51. The van der Waals surface area contributed by atoms with E-state index in [0.29, 0.717) is 43.8 Å². The summed E-state index contributed by atoms with van der Waals surface area (Å²) >= 11 is 0. The van der Waals surface area contributed by atoms with E-state index in [1.807, 2.05) is 42.0 Å². The van der Waals surface area contributed by atoms with Crippen molar-refractivity contribution in [2.75, 3.05) is 92.5 Å². The van der Waals surface area contributed by atoms with Crippen LogP contribution in [0.2, 0.25) is 0 Å². The van der Waals surface area contributed by atoms with Gasteiger partial charge in [-0.1, -0.05) is 12.1 Å². The summed E-state index contributed by atoms with van der Waals surface area (Å²) in [5.41, 5.74) is 10.8. The van der Waals surface area contributed by atoms with Crippen LogP contribution in [-0.2, 0) is 4.79 Å². The first kappa shape index (κ1) is 38.4. The van der Waals surface area contributed by atoms with Gasteiger partial charge in [-0.25, -0.2) is 9.59 Å². The maximum Gasteiger partial charge on any atom is 0.328 e. The van der Waals surface area contributed by atoms with E-state index in [4.69, 9.17) is 10.7 Å². The van der Waals surface area contributed by atoms with E-state index < -0.39 is 5.91 Å². The largest absolute Gasteiger partial charge is 0.372 e. The van der Waals surface area contributed by atoms with Crippen molar-refractivity contribution < 1.29 is 19.2 Å². The lowest BCUT2D eigenvalue weighted by atomic mass is 9.88. The molecule has 6 heterocycles. The molecule has 57 heavy (non-hydrogen) atoms. The maximum absolute atomic E-state index is 12.7. The van der Waals surface area contributed by atoms with Crippen LogP contribution in [0.4, 0.5) is 38.4 Å². The molecule has 16 nitrogen and oxygen atoms in total. The third-order valence-corrected chi connectivity index (χ3v) is 12.5. The number of likely N-dealkylation sites (N-methyl/N-ethyl adjacent to an activating group) is 1. The molecule has 0 aliphatic carbocycles. The minimum absolute atomic E-state index is 0.0140. The van der Waals surface area contributed by atoms with Crippen molar-refractivity contribution in [3.8, 4) is 0 Å². The summed E-state index contributed by atoms with van der Waals surface area (Å²) in [4.78, 5) is 66.1. The number of amides is 6. The maximum atomic E-state index is 12.7. The molecule has 6 amide bonds. The first-order valence-corrected chi connectivity index (χ1v) is 20.5. The first-order valence-electron chi connectivity index (χ1n) is 20.5. The van der Waals surface area contributed by atoms with Crippen molar-refractivity contribution in [3.63, 3.8) is 0 Å². The second-order valence-corrected chi connectivity index (χ2v) is 16.3. The number of rotatable bonds is 10. The molecule has 1 aromatic heterocycles. The van der Waals surface area contributed by atoms with Gasteiger partial charge in [0.1, 0.15) is 0 Å². The SMILES string of the molecule is Cc1cc(N2CCC(CN3CCC(c4ccc(Nc5nc(N6CCCC(N7CCN(C)C7=O)C6)nnc5C(N)=O)cc4)CC3)CC2)ccc1N1CCC(=O)NC1=O. The number of urea groups is 2. The van der Waals surface area contributed by atoms with Gasteiger partial charge in [0.2, 0.25) is 11.9 Å². The number of aromatic nitrogens is 3. The molecular weight excluding hydrogens is 725 g/mol. The van der Waals surface area contributed by atoms with Crippen molar-refractivity contribution in [3.05, 3.63) is 59.3 Å². The van der Waals surface area contributed by atoms with E-state index in [1.54, 1.807) is 9.80 Å². The van der Waals surface area contributed by atoms with Gasteiger partial charge in [0.05, 0.1) is 6.04 Å². The highest BCUT2D eigenvalue weighted by Gasteiger charge is 2.35. The lowest BCUT2D eigenvalue weighted by molar-refractivity contribution is -0.120. The second-order valence-electron chi connectivity index (χ2n) is 16.3. The highest BCUT2D eigenvalue weighted by molar-refractivity contribution is 6.06. The van der Waals surface area contributed by atoms with Gasteiger partial charge in [-0.2, -0.15) is 4.98 Å². The summed E-state index contributed by atoms with van der Waals surface area (Å²) in [6.07, 6.45) is 6.68. The van der Waals surface area contributed by atoms with Crippen LogP contribution in [0, 0.1) is 12.8 Å². The number of carbonyl (C=O) groups excluding carboxylic acids is 4. The van der Waals surface area contributed by atoms with Crippen molar-refractivity contribution in [1.82, 2.24) is 35.2 Å². The Kier molecular flexibility index (Phi) is 11.1. The summed E-state index contributed by atoms with van der Waals surface area (Å²) < 4.78 is 0. The van der Waals surface area contributed by atoms with Gasteiger partial charge in [0.25, 0.3) is 5.91 Å². The van der Waals surface area contributed by atoms with Crippen LogP contribution in [0.5, 0.6) is 0 Å². The topological polar surface area (TPSA) is 176 Å². The fourth-order valence-corrected chi connectivity index (χ4v) is 9.20. The van der Waals surface area contributed by atoms with Gasteiger partial charge < -0.3 is 35.6 Å². The number of imide groups is 1. The van der Waals surface area contributed by atoms with Crippen LogP contribution < -0.4 is 31.1 Å². The van der Waals surface area contributed by atoms with Crippen LogP contribution in [-0.4, -0.2) is 132 Å². The van der Waals surface area contributed by atoms with Crippen molar-refractivity contribution in [2.24, 2.45) is 11.7 Å². The second kappa shape index (κ2) is 16.5. The molecule has 5 aliphatic rings. The van der Waals surface area contributed by atoms with Crippen molar-refractivity contribution >= 4 is 52.7 Å². The highest BCUT2D eigenvalue weighted by Crippen LogP contribution is 2.33. The van der Waals surface area contributed by atoms with Gasteiger partial charge in [0.15, 0.2) is 11.5 Å². The van der Waals surface area contributed by atoms with E-state index in [2.05, 4.69) is 54.9 Å². The number of likely N-dealkylation sites (tertiary alicyclic amines) is 1. The first-order chi connectivity index (χ1) is 27.6. The fourth-order valence-electron chi connectivity index (χ4n) is 9.20. The Labute approximate surface area is 333 Å². The van der Waals surface area contributed by atoms with Crippen LogP contribution in [0.3, 0.4) is 0 Å². The number of aryl methyl sites for hydroxylation is 1. The summed E-state index contributed by atoms with van der Waals surface area (Å²) in [6.45, 7) is 10.6. The molecule has 8 rings (SSSR count). The predicted molar refractivity (Wildman–Crippen MR) is 218 cm³/mol. The van der Waals surface area contributed by atoms with E-state index in [1.165, 1.54) is 11.3 Å². The molecule has 0 spiro atoms. The van der Waals surface area contributed by atoms with Crippen LogP contribution >= 0.6 is 0 Å². The Bertz CT molecular complexity index is 1980. The van der Waals surface area contributed by atoms with Crippen LogP contribution in [0.15, 0.2) is 42.5 Å². The molecule has 0 saturated carbocycles. The highest BCUT2D eigenvalue weighted by atomic mass is 16.2. The molecule has 4 N–H and O–H groups in total. The summed E-state index contributed by atoms with van der Waals surface area (Å²) in [5.74, 6) is 0.924. The van der Waals surface area contributed by atoms with Gasteiger partial charge >= 0.3 is 12.1 Å². The van der Waals surface area contributed by atoms with Crippen molar-refractivity contribution in [2.45, 2.75) is 63.8 Å². The average Bonchev–Trinajstić information content (AvgIpc) is 3.56. The molecule has 0 bridgehead atoms. The standard InChI is InChI=1S/C41H54N12O4/c1-27-24-32(9-10-34(27)53-21-15-35(54)44-40(53)56)50-19-11-28(12-20-50)25-49-17-13-30(14-18-49)29-5-7-31(8-6-29)43-38-36(37(42)55)46-47-39(45-38)51-16-3-4-33(26-51)52-23-22-48(2)41(52)57/h5-10,24,28,30,33H,3-4,11-23,25-26H2,1-2H3,(H2,42,55)(H,43,45,47)(H,44,54,56). The summed E-state index contributed by atoms with van der Waals surface area (Å²) in [6, 6.07) is 14.4. The molecule has 0 radical (unpaired) electrons. The molecule has 5 saturated heterocycles. The Balaban J connectivity index is 0.812. The number of benzene rings is 2. The van der Waals surface area contributed by atoms with Crippen molar-refractivity contribution in [1.29, 1.82) is 0 Å². The average molecular weight is 779 g/mol. The van der Waals surface area contributed by atoms with Gasteiger partial charge in [-0.05, 0) is 112 Å². The van der Waals surface area contributed by atoms with Gasteiger partial charge in [-0.15, -0.1) is 10.2 Å². The fraction of sp³-hybridized carbons (Fsp3) is 0.537. The Morgan fingerprint density at radius 1 is 0.877 bits per heavy atom. The molecule has 1 atom stereocenters. The minimum atomic E-state index is -0.702. The lowest BCUT2D eigenvalue weighted by Gasteiger charge is -2.38. The van der Waals surface area contributed by atoms with E-state index >= 15 is 0 Å². The Morgan fingerprint density at radius 2 is 1.65 bits per heavy atom. The van der Waals surface area contributed by atoms with Gasteiger partial charge in [0, 0.05) is 82.9 Å². The molecule has 3 aromatic rings. The molecule has 302 valence electrons. The lowest BCUT2D eigenvalue weighted by Crippen LogP contribution is -2.49. The number of nitrogens with one attached hydrogen (secondary N) is 2. The number of hydrogen-bond donors (Lipinski definition) is 3. The third-order valence-electron chi connectivity index (χ3n) is 12.5. The zero-order chi connectivity index (χ0) is 39.6. The molecular formula is C41H54N12O4. The third kappa shape index (κ3) is 8.46. The molecule has 16 heteroatoms. The van der Waals surface area contributed by atoms with Crippen LogP contribution in [0.1, 0.15) is 72.5 Å². The monoisotopic (exact) mass is 778 g/mol. The molecule has 5 aliphatic heterocycles. The van der Waals surface area contributed by atoms with Crippen LogP contribution in [0.25, 0.3) is 0 Å². The number of nitrogens with zero attached hydrogens (tertiary/aromatic N) is 9. The number of nitrogens with two attached hydrogens (primary N) is 1. The number of anilines is 5. The summed E-state index contributed by atoms with van der Waals surface area (Å²) in [5, 5.41) is 14.1. The number of carbonyl (C=O) groups is 4. The number of piperidine rings is 3. The normalized spacial score (nSPS) is 21.7. The zero-order valence-corrected chi connectivity index (χ0v) is 33.0. The molecule has 2 aromatic carbocycles. The van der Waals surface area contributed by atoms with E-state index in [0.717, 1.165) is 101 Å².